The molecule has 0 aliphatic carbocycles. The van der Waals surface area contributed by atoms with Crippen molar-refractivity contribution < 1.29 is 9.90 Å². The number of rotatable bonds is 4. The fourth-order valence-corrected chi connectivity index (χ4v) is 1.54. The van der Waals surface area contributed by atoms with E-state index in [4.69, 9.17) is 5.11 Å². The smallest absolute Gasteiger partial charge is 0.328 e. The first-order chi connectivity index (χ1) is 8.22. The van der Waals surface area contributed by atoms with Crippen molar-refractivity contribution in [2.45, 2.75) is 6.04 Å². The highest BCUT2D eigenvalue weighted by Crippen LogP contribution is 2.18. The largest absolute Gasteiger partial charge is 0.480 e. The minimum absolute atomic E-state index is 0.381. The number of carboxylic acids is 1. The number of pyridine rings is 1. The van der Waals surface area contributed by atoms with Gasteiger partial charge in [-0.25, -0.2) is 4.98 Å². The van der Waals surface area contributed by atoms with Crippen molar-refractivity contribution in [2.24, 2.45) is 0 Å². The summed E-state index contributed by atoms with van der Waals surface area (Å²) < 4.78 is 0. The molecular weight excluding hydrogens is 220 g/mol. The minimum Gasteiger partial charge on any atom is -0.480 e. The molecule has 0 fully saturated rings. The van der Waals surface area contributed by atoms with E-state index in [9.17, 15) is 4.79 Å². The number of aromatic nitrogens is 3. The molecule has 0 amide bonds. The number of aromatic amines is 1. The predicted molar refractivity (Wildman–Crippen MR) is 61.3 cm³/mol. The summed E-state index contributed by atoms with van der Waals surface area (Å²) >= 11 is 0. The van der Waals surface area contributed by atoms with Gasteiger partial charge in [0, 0.05) is 18.0 Å². The summed E-state index contributed by atoms with van der Waals surface area (Å²) in [6, 6.07) is 2.82. The van der Waals surface area contributed by atoms with Crippen LogP contribution in [0.1, 0.15) is 11.9 Å². The van der Waals surface area contributed by atoms with Crippen LogP contribution in [0.25, 0.3) is 11.3 Å². The summed E-state index contributed by atoms with van der Waals surface area (Å²) in [4.78, 5) is 21.9. The molecule has 2 heterocycles. The van der Waals surface area contributed by atoms with Crippen LogP contribution in [0.5, 0.6) is 0 Å². The zero-order valence-corrected chi connectivity index (χ0v) is 9.21. The highest BCUT2D eigenvalue weighted by molar-refractivity contribution is 5.74. The second-order valence-electron chi connectivity index (χ2n) is 3.48. The van der Waals surface area contributed by atoms with E-state index in [1.54, 1.807) is 25.6 Å². The van der Waals surface area contributed by atoms with Crippen molar-refractivity contribution in [3.8, 4) is 11.3 Å². The Morgan fingerprint density at radius 3 is 2.76 bits per heavy atom. The summed E-state index contributed by atoms with van der Waals surface area (Å²) in [5.41, 5.74) is 1.68. The summed E-state index contributed by atoms with van der Waals surface area (Å²) in [7, 11) is 1.58. The predicted octanol–water partition coefficient (Wildman–Crippen LogP) is 0.817. The number of nitrogens with zero attached hydrogens (tertiary/aromatic N) is 2. The first kappa shape index (κ1) is 11.3. The Morgan fingerprint density at radius 1 is 1.47 bits per heavy atom. The number of carbonyl (C=O) groups is 1. The van der Waals surface area contributed by atoms with Crippen LogP contribution in [0.15, 0.2) is 30.7 Å². The molecule has 0 aliphatic rings. The molecule has 0 radical (unpaired) electrons. The molecule has 6 heteroatoms. The lowest BCUT2D eigenvalue weighted by Gasteiger charge is -2.07. The van der Waals surface area contributed by atoms with Gasteiger partial charge in [-0.15, -0.1) is 0 Å². The number of aliphatic carboxylic acids is 1. The quantitative estimate of drug-likeness (QED) is 0.725. The Morgan fingerprint density at radius 2 is 2.18 bits per heavy atom. The Kier molecular flexibility index (Phi) is 3.15. The number of hydrogen-bond donors (Lipinski definition) is 3. The molecule has 6 nitrogen and oxygen atoms in total. The van der Waals surface area contributed by atoms with Crippen molar-refractivity contribution in [1.29, 1.82) is 0 Å². The van der Waals surface area contributed by atoms with Gasteiger partial charge in [0.15, 0.2) is 6.04 Å². The molecule has 3 N–H and O–H groups in total. The topological polar surface area (TPSA) is 90.9 Å². The number of carboxylic acid groups (broad SMARTS) is 1. The van der Waals surface area contributed by atoms with Gasteiger partial charge in [0.2, 0.25) is 0 Å². The van der Waals surface area contributed by atoms with E-state index in [0.29, 0.717) is 5.82 Å². The molecule has 1 unspecified atom stereocenters. The zero-order valence-electron chi connectivity index (χ0n) is 9.21. The Balaban J connectivity index is 2.30. The van der Waals surface area contributed by atoms with E-state index in [2.05, 4.69) is 20.3 Å². The number of nitrogens with one attached hydrogen (secondary N) is 2. The van der Waals surface area contributed by atoms with Crippen LogP contribution in [0.2, 0.25) is 0 Å². The maximum absolute atomic E-state index is 10.9. The van der Waals surface area contributed by atoms with E-state index in [1.165, 1.54) is 0 Å². The molecule has 0 aliphatic heterocycles. The lowest BCUT2D eigenvalue weighted by Crippen LogP contribution is -2.26. The normalized spacial score (nSPS) is 12.3. The fraction of sp³-hybridized carbons (Fsp3) is 0.182. The Hall–Kier alpha value is -2.21. The average molecular weight is 232 g/mol. The molecule has 2 aromatic rings. The number of likely N-dealkylation sites (N-methyl/N-ethyl adjacent to an activating group) is 1. The van der Waals surface area contributed by atoms with Gasteiger partial charge >= 0.3 is 5.97 Å². The summed E-state index contributed by atoms with van der Waals surface area (Å²) in [6.45, 7) is 0. The van der Waals surface area contributed by atoms with Crippen molar-refractivity contribution in [1.82, 2.24) is 20.3 Å². The van der Waals surface area contributed by atoms with E-state index < -0.39 is 12.0 Å². The van der Waals surface area contributed by atoms with Crippen molar-refractivity contribution in [3.63, 3.8) is 0 Å². The lowest BCUT2D eigenvalue weighted by molar-refractivity contribution is -0.139. The molecule has 0 saturated carbocycles. The van der Waals surface area contributed by atoms with Gasteiger partial charge in [-0.2, -0.15) is 0 Å². The number of hydrogen-bond acceptors (Lipinski definition) is 4. The SMILES string of the molecule is CNC(C(=O)O)c1ncc(-c2ccncc2)[nH]1. The van der Waals surface area contributed by atoms with Gasteiger partial charge < -0.3 is 15.4 Å². The number of H-pyrrole nitrogens is 1. The Labute approximate surface area is 97.7 Å². The lowest BCUT2D eigenvalue weighted by atomic mass is 10.2. The highest BCUT2D eigenvalue weighted by Gasteiger charge is 2.20. The third-order valence-electron chi connectivity index (χ3n) is 2.40. The molecule has 17 heavy (non-hydrogen) atoms. The van der Waals surface area contributed by atoms with Gasteiger partial charge in [-0.05, 0) is 19.2 Å². The average Bonchev–Trinajstić information content (AvgIpc) is 2.80. The molecular formula is C11H12N4O2. The van der Waals surface area contributed by atoms with E-state index in [0.717, 1.165) is 11.3 Å². The second kappa shape index (κ2) is 4.75. The van der Waals surface area contributed by atoms with Gasteiger partial charge in [-0.3, -0.25) is 9.78 Å². The van der Waals surface area contributed by atoms with E-state index in [-0.39, 0.29) is 0 Å². The zero-order chi connectivity index (χ0) is 12.3. The molecule has 1 atom stereocenters. The van der Waals surface area contributed by atoms with E-state index >= 15 is 0 Å². The van der Waals surface area contributed by atoms with Crippen molar-refractivity contribution in [3.05, 3.63) is 36.5 Å². The third kappa shape index (κ3) is 2.31. The van der Waals surface area contributed by atoms with Crippen molar-refractivity contribution in [2.75, 3.05) is 7.05 Å². The highest BCUT2D eigenvalue weighted by atomic mass is 16.4. The van der Waals surface area contributed by atoms with Gasteiger partial charge in [0.1, 0.15) is 5.82 Å². The molecule has 0 aromatic carbocycles. The second-order valence-corrected chi connectivity index (χ2v) is 3.48. The first-order valence-electron chi connectivity index (χ1n) is 5.07. The van der Waals surface area contributed by atoms with Gasteiger partial charge in [0.05, 0.1) is 11.9 Å². The van der Waals surface area contributed by atoms with Crippen molar-refractivity contribution >= 4 is 5.97 Å². The van der Waals surface area contributed by atoms with Crippen LogP contribution in [0.3, 0.4) is 0 Å². The molecule has 88 valence electrons. The van der Waals surface area contributed by atoms with Gasteiger partial charge in [0.25, 0.3) is 0 Å². The standard InChI is InChI=1S/C11H12N4O2/c1-12-9(11(16)17)10-14-6-8(15-10)7-2-4-13-5-3-7/h2-6,9,12H,1H3,(H,14,15)(H,16,17). The molecule has 0 saturated heterocycles. The maximum atomic E-state index is 10.9. The van der Waals surface area contributed by atoms with Gasteiger partial charge in [-0.1, -0.05) is 0 Å². The Bertz CT molecular complexity index is 509. The summed E-state index contributed by atoms with van der Waals surface area (Å²) in [5, 5.41) is 11.7. The van der Waals surface area contributed by atoms with Crippen LogP contribution in [-0.4, -0.2) is 33.1 Å². The molecule has 2 rings (SSSR count). The summed E-state index contributed by atoms with van der Waals surface area (Å²) in [5.74, 6) is -0.588. The maximum Gasteiger partial charge on any atom is 0.328 e. The van der Waals surface area contributed by atoms with Crippen LogP contribution >= 0.6 is 0 Å². The molecule has 0 spiro atoms. The minimum atomic E-state index is -0.969. The fourth-order valence-electron chi connectivity index (χ4n) is 1.54. The monoisotopic (exact) mass is 232 g/mol. The molecule has 0 bridgehead atoms. The first-order valence-corrected chi connectivity index (χ1v) is 5.07. The van der Waals surface area contributed by atoms with E-state index in [1.807, 2.05) is 12.1 Å². The van der Waals surface area contributed by atoms with Crippen LogP contribution in [0.4, 0.5) is 0 Å². The summed E-state index contributed by atoms with van der Waals surface area (Å²) in [6.07, 6.45) is 4.95. The van der Waals surface area contributed by atoms with Crippen LogP contribution in [-0.2, 0) is 4.79 Å². The van der Waals surface area contributed by atoms with Crippen LogP contribution < -0.4 is 5.32 Å². The third-order valence-corrected chi connectivity index (χ3v) is 2.40. The molecule has 2 aromatic heterocycles. The van der Waals surface area contributed by atoms with Crippen LogP contribution in [0, 0.1) is 0 Å². The number of imidazole rings is 1.